The molecular formula is C25H27N3O4. The van der Waals surface area contributed by atoms with Gasteiger partial charge in [-0.1, -0.05) is 36.4 Å². The van der Waals surface area contributed by atoms with Crippen molar-refractivity contribution >= 4 is 28.3 Å². The zero-order valence-corrected chi connectivity index (χ0v) is 18.1. The van der Waals surface area contributed by atoms with Crippen molar-refractivity contribution in [1.29, 1.82) is 0 Å². The molecular weight excluding hydrogens is 406 g/mol. The molecule has 7 heteroatoms. The van der Waals surface area contributed by atoms with Gasteiger partial charge in [0.25, 0.3) is 5.91 Å². The number of pyridine rings is 1. The lowest BCUT2D eigenvalue weighted by molar-refractivity contribution is -0.121. The van der Waals surface area contributed by atoms with Crippen LogP contribution in [-0.4, -0.2) is 55.1 Å². The molecule has 1 N–H and O–H groups in total. The lowest BCUT2D eigenvalue weighted by atomic mass is 9.95. The van der Waals surface area contributed by atoms with Crippen molar-refractivity contribution in [3.63, 3.8) is 0 Å². The van der Waals surface area contributed by atoms with Gasteiger partial charge in [-0.3, -0.25) is 9.59 Å². The van der Waals surface area contributed by atoms with Crippen LogP contribution in [0.5, 0.6) is 5.88 Å². The van der Waals surface area contributed by atoms with Gasteiger partial charge in [-0.15, -0.1) is 0 Å². The Hall–Kier alpha value is -3.45. The molecule has 1 saturated heterocycles. The number of hydrogen-bond acceptors (Lipinski definition) is 5. The average Bonchev–Trinajstić information content (AvgIpc) is 2.84. The number of aromatic nitrogens is 1. The third-order valence-corrected chi connectivity index (χ3v) is 5.65. The minimum atomic E-state index is -0.297. The number of nitrogens with one attached hydrogen (secondary N) is 1. The SMILES string of the molecule is COCCOc1ncccc1NC(=O)C1CCCN(C(=O)c2cccc3ccccc23)C1. The van der Waals surface area contributed by atoms with Crippen molar-refractivity contribution in [1.82, 2.24) is 9.88 Å². The largest absolute Gasteiger partial charge is 0.474 e. The van der Waals surface area contributed by atoms with Gasteiger partial charge in [-0.2, -0.15) is 0 Å². The number of piperidine rings is 1. The van der Waals surface area contributed by atoms with E-state index in [4.69, 9.17) is 9.47 Å². The predicted octanol–water partition coefficient (Wildman–Crippen LogP) is 3.75. The molecule has 166 valence electrons. The Morgan fingerprint density at radius 2 is 1.94 bits per heavy atom. The number of carbonyl (C=O) groups excluding carboxylic acids is 2. The number of amides is 2. The third-order valence-electron chi connectivity index (χ3n) is 5.65. The van der Waals surface area contributed by atoms with Crippen molar-refractivity contribution in [3.8, 4) is 5.88 Å². The first-order valence-electron chi connectivity index (χ1n) is 10.8. The summed E-state index contributed by atoms with van der Waals surface area (Å²) in [5.41, 5.74) is 1.19. The van der Waals surface area contributed by atoms with Crippen LogP contribution in [0.4, 0.5) is 5.69 Å². The van der Waals surface area contributed by atoms with Crippen LogP contribution in [0.25, 0.3) is 10.8 Å². The molecule has 4 rings (SSSR count). The number of likely N-dealkylation sites (tertiary alicyclic amines) is 1. The Morgan fingerprint density at radius 3 is 2.81 bits per heavy atom. The summed E-state index contributed by atoms with van der Waals surface area (Å²) in [6, 6.07) is 17.1. The number of hydrogen-bond donors (Lipinski definition) is 1. The van der Waals surface area contributed by atoms with Crippen LogP contribution in [0.15, 0.2) is 60.8 Å². The zero-order valence-electron chi connectivity index (χ0n) is 18.1. The van der Waals surface area contributed by atoms with Crippen molar-refractivity contribution in [2.45, 2.75) is 12.8 Å². The minimum absolute atomic E-state index is 0.0377. The fraction of sp³-hybridized carbons (Fsp3) is 0.320. The molecule has 2 amide bonds. The molecule has 0 spiro atoms. The maximum Gasteiger partial charge on any atom is 0.254 e. The van der Waals surface area contributed by atoms with E-state index in [0.29, 0.717) is 43.4 Å². The lowest BCUT2D eigenvalue weighted by Crippen LogP contribution is -2.43. The maximum absolute atomic E-state index is 13.3. The van der Waals surface area contributed by atoms with Crippen molar-refractivity contribution < 1.29 is 19.1 Å². The Balaban J connectivity index is 1.45. The van der Waals surface area contributed by atoms with Crippen LogP contribution >= 0.6 is 0 Å². The van der Waals surface area contributed by atoms with Crippen LogP contribution in [0.3, 0.4) is 0 Å². The molecule has 1 unspecified atom stereocenters. The summed E-state index contributed by atoms with van der Waals surface area (Å²) >= 11 is 0. The Labute approximate surface area is 187 Å². The highest BCUT2D eigenvalue weighted by Crippen LogP contribution is 2.26. The van der Waals surface area contributed by atoms with Crippen LogP contribution in [0.2, 0.25) is 0 Å². The number of methoxy groups -OCH3 is 1. The van der Waals surface area contributed by atoms with E-state index in [-0.39, 0.29) is 17.7 Å². The fourth-order valence-corrected chi connectivity index (χ4v) is 4.02. The number of carbonyl (C=O) groups is 2. The van der Waals surface area contributed by atoms with Gasteiger partial charge >= 0.3 is 0 Å². The van der Waals surface area contributed by atoms with E-state index in [1.54, 1.807) is 30.3 Å². The molecule has 2 heterocycles. The molecule has 0 radical (unpaired) electrons. The first kappa shape index (κ1) is 21.8. The van der Waals surface area contributed by atoms with Gasteiger partial charge in [-0.05, 0) is 41.8 Å². The third kappa shape index (κ3) is 4.89. The summed E-state index contributed by atoms with van der Waals surface area (Å²) in [6.45, 7) is 1.79. The average molecular weight is 434 g/mol. The predicted molar refractivity (Wildman–Crippen MR) is 123 cm³/mol. The number of ether oxygens (including phenoxy) is 2. The second-order valence-corrected chi connectivity index (χ2v) is 7.80. The summed E-state index contributed by atoms with van der Waals surface area (Å²) in [7, 11) is 1.60. The van der Waals surface area contributed by atoms with Gasteiger partial charge in [0.15, 0.2) is 0 Å². The highest BCUT2D eigenvalue weighted by atomic mass is 16.5. The Kier molecular flexibility index (Phi) is 6.97. The van der Waals surface area contributed by atoms with E-state index in [1.807, 2.05) is 42.5 Å². The molecule has 0 saturated carbocycles. The minimum Gasteiger partial charge on any atom is -0.474 e. The standard InChI is InChI=1S/C25H27N3O4/c1-31-15-16-32-24-22(12-5-13-26-24)27-23(29)19-9-6-14-28(17-19)25(30)21-11-4-8-18-7-2-3-10-20(18)21/h2-5,7-8,10-13,19H,6,9,14-17H2,1H3,(H,27,29). The van der Waals surface area contributed by atoms with Crippen molar-refractivity contribution in [3.05, 3.63) is 66.4 Å². The number of fused-ring (bicyclic) bond motifs is 1. The van der Waals surface area contributed by atoms with E-state index in [1.165, 1.54) is 0 Å². The number of anilines is 1. The first-order chi connectivity index (χ1) is 15.7. The van der Waals surface area contributed by atoms with Crippen LogP contribution < -0.4 is 10.1 Å². The molecule has 2 aromatic carbocycles. The van der Waals surface area contributed by atoms with E-state index >= 15 is 0 Å². The van der Waals surface area contributed by atoms with E-state index in [9.17, 15) is 9.59 Å². The molecule has 3 aromatic rings. The smallest absolute Gasteiger partial charge is 0.254 e. The summed E-state index contributed by atoms with van der Waals surface area (Å²) in [4.78, 5) is 32.3. The molecule has 0 bridgehead atoms. The van der Waals surface area contributed by atoms with Gasteiger partial charge in [0.2, 0.25) is 11.8 Å². The highest BCUT2D eigenvalue weighted by Gasteiger charge is 2.30. The van der Waals surface area contributed by atoms with Crippen LogP contribution in [0.1, 0.15) is 23.2 Å². The van der Waals surface area contributed by atoms with Gasteiger partial charge in [0.1, 0.15) is 12.3 Å². The van der Waals surface area contributed by atoms with Gasteiger partial charge < -0.3 is 19.7 Å². The Morgan fingerprint density at radius 1 is 1.09 bits per heavy atom. The summed E-state index contributed by atoms with van der Waals surface area (Å²) in [6.07, 6.45) is 3.12. The van der Waals surface area contributed by atoms with Gasteiger partial charge in [0, 0.05) is 32.0 Å². The monoisotopic (exact) mass is 433 g/mol. The van der Waals surface area contributed by atoms with E-state index < -0.39 is 0 Å². The summed E-state index contributed by atoms with van der Waals surface area (Å²) in [5.74, 6) is -0.110. The molecule has 1 atom stereocenters. The highest BCUT2D eigenvalue weighted by molar-refractivity contribution is 6.07. The van der Waals surface area contributed by atoms with Gasteiger partial charge in [0.05, 0.1) is 12.5 Å². The second kappa shape index (κ2) is 10.2. The number of nitrogens with zero attached hydrogens (tertiary/aromatic N) is 2. The number of rotatable bonds is 7. The van der Waals surface area contributed by atoms with Gasteiger partial charge in [-0.25, -0.2) is 4.98 Å². The molecule has 1 aliphatic rings. The van der Waals surface area contributed by atoms with Crippen LogP contribution in [-0.2, 0) is 9.53 Å². The molecule has 32 heavy (non-hydrogen) atoms. The molecule has 1 fully saturated rings. The Bertz CT molecular complexity index is 1100. The second-order valence-electron chi connectivity index (χ2n) is 7.80. The normalized spacial score (nSPS) is 16.0. The summed E-state index contributed by atoms with van der Waals surface area (Å²) in [5, 5.41) is 4.89. The summed E-state index contributed by atoms with van der Waals surface area (Å²) < 4.78 is 10.6. The fourth-order valence-electron chi connectivity index (χ4n) is 4.02. The van der Waals surface area contributed by atoms with Crippen molar-refractivity contribution in [2.75, 3.05) is 38.7 Å². The van der Waals surface area contributed by atoms with E-state index in [2.05, 4.69) is 10.3 Å². The van der Waals surface area contributed by atoms with E-state index in [0.717, 1.165) is 23.6 Å². The lowest BCUT2D eigenvalue weighted by Gasteiger charge is -2.32. The maximum atomic E-state index is 13.3. The first-order valence-corrected chi connectivity index (χ1v) is 10.8. The van der Waals surface area contributed by atoms with Crippen LogP contribution in [0, 0.1) is 5.92 Å². The number of benzene rings is 2. The quantitative estimate of drug-likeness (QED) is 0.574. The topological polar surface area (TPSA) is 80.8 Å². The van der Waals surface area contributed by atoms with Crippen molar-refractivity contribution in [2.24, 2.45) is 5.92 Å². The molecule has 1 aliphatic heterocycles. The molecule has 0 aliphatic carbocycles. The zero-order chi connectivity index (χ0) is 22.3. The molecule has 1 aromatic heterocycles. The molecule has 7 nitrogen and oxygen atoms in total.